The van der Waals surface area contributed by atoms with E-state index < -0.39 is 0 Å². The van der Waals surface area contributed by atoms with Crippen LogP contribution in [0.5, 0.6) is 0 Å². The van der Waals surface area contributed by atoms with Crippen molar-refractivity contribution in [1.82, 2.24) is 15.1 Å². The second kappa shape index (κ2) is 7.72. The Bertz CT molecular complexity index is 802. The van der Waals surface area contributed by atoms with E-state index in [0.717, 1.165) is 28.2 Å². The van der Waals surface area contributed by atoms with E-state index in [2.05, 4.69) is 36.3 Å². The molecule has 0 bridgehead atoms. The molecule has 0 saturated carbocycles. The standard InChI is InChI=1S/C20H28N4O2/c1-13-8-7-9-16(14(13)2)21-18(25)11-19(26)24(6)12-15-10-17(23-22-15)20(3,4)5/h7-10H,11-12H2,1-6H3,(H,21,25)(H,22,23). The first-order valence-corrected chi connectivity index (χ1v) is 8.72. The van der Waals surface area contributed by atoms with Gasteiger partial charge < -0.3 is 10.2 Å². The summed E-state index contributed by atoms with van der Waals surface area (Å²) in [7, 11) is 1.69. The molecule has 26 heavy (non-hydrogen) atoms. The largest absolute Gasteiger partial charge is 0.339 e. The second-order valence-corrected chi connectivity index (χ2v) is 7.75. The summed E-state index contributed by atoms with van der Waals surface area (Å²) in [4.78, 5) is 26.1. The van der Waals surface area contributed by atoms with Crippen molar-refractivity contribution in [2.24, 2.45) is 0 Å². The van der Waals surface area contributed by atoms with Crippen LogP contribution in [0.25, 0.3) is 0 Å². The summed E-state index contributed by atoms with van der Waals surface area (Å²) >= 11 is 0. The predicted octanol–water partition coefficient (Wildman–Crippen LogP) is 3.31. The van der Waals surface area contributed by atoms with Crippen LogP contribution in [-0.4, -0.2) is 34.0 Å². The fraction of sp³-hybridized carbons (Fsp3) is 0.450. The van der Waals surface area contributed by atoms with Crippen LogP contribution in [0.15, 0.2) is 24.3 Å². The number of hydrogen-bond acceptors (Lipinski definition) is 3. The minimum absolute atomic E-state index is 0.0527. The van der Waals surface area contributed by atoms with Gasteiger partial charge in [0.1, 0.15) is 6.42 Å². The zero-order valence-electron chi connectivity index (χ0n) is 16.4. The number of anilines is 1. The van der Waals surface area contributed by atoms with E-state index in [1.165, 1.54) is 4.90 Å². The number of nitrogens with zero attached hydrogens (tertiary/aromatic N) is 2. The van der Waals surface area contributed by atoms with Crippen LogP contribution in [-0.2, 0) is 21.5 Å². The Morgan fingerprint density at radius 1 is 1.23 bits per heavy atom. The van der Waals surface area contributed by atoms with Crippen LogP contribution < -0.4 is 5.32 Å². The van der Waals surface area contributed by atoms with E-state index in [9.17, 15) is 9.59 Å². The molecule has 0 fully saturated rings. The van der Waals surface area contributed by atoms with Crippen molar-refractivity contribution in [1.29, 1.82) is 0 Å². The second-order valence-electron chi connectivity index (χ2n) is 7.75. The molecule has 0 radical (unpaired) electrons. The van der Waals surface area contributed by atoms with Crippen LogP contribution in [0.2, 0.25) is 0 Å². The van der Waals surface area contributed by atoms with E-state index in [4.69, 9.17) is 0 Å². The molecule has 140 valence electrons. The fourth-order valence-electron chi connectivity index (χ4n) is 2.52. The van der Waals surface area contributed by atoms with Gasteiger partial charge in [-0.15, -0.1) is 0 Å². The van der Waals surface area contributed by atoms with Crippen molar-refractivity contribution in [3.8, 4) is 0 Å². The van der Waals surface area contributed by atoms with E-state index in [-0.39, 0.29) is 23.7 Å². The summed E-state index contributed by atoms with van der Waals surface area (Å²) in [6.45, 7) is 10.6. The molecule has 0 saturated heterocycles. The van der Waals surface area contributed by atoms with Crippen LogP contribution in [0.1, 0.15) is 49.7 Å². The molecule has 0 unspecified atom stereocenters. The highest BCUT2D eigenvalue weighted by atomic mass is 16.2. The minimum Gasteiger partial charge on any atom is -0.339 e. The number of carbonyl (C=O) groups excluding carboxylic acids is 2. The molecule has 0 aliphatic heterocycles. The fourth-order valence-corrected chi connectivity index (χ4v) is 2.52. The zero-order valence-corrected chi connectivity index (χ0v) is 16.4. The molecule has 6 heteroatoms. The molecule has 2 aromatic rings. The van der Waals surface area contributed by atoms with Crippen molar-refractivity contribution >= 4 is 17.5 Å². The number of H-pyrrole nitrogens is 1. The van der Waals surface area contributed by atoms with Crippen LogP contribution in [0.4, 0.5) is 5.69 Å². The number of aromatic amines is 1. The van der Waals surface area contributed by atoms with Gasteiger partial charge in [-0.1, -0.05) is 32.9 Å². The van der Waals surface area contributed by atoms with Crippen LogP contribution in [0.3, 0.4) is 0 Å². The quantitative estimate of drug-likeness (QED) is 0.807. The van der Waals surface area contributed by atoms with Gasteiger partial charge in [0, 0.05) is 18.2 Å². The number of aromatic nitrogens is 2. The van der Waals surface area contributed by atoms with E-state index in [0.29, 0.717) is 6.54 Å². The third kappa shape index (κ3) is 4.94. The van der Waals surface area contributed by atoms with Gasteiger partial charge in [-0.25, -0.2) is 0 Å². The molecular weight excluding hydrogens is 328 g/mol. The van der Waals surface area contributed by atoms with Crippen LogP contribution >= 0.6 is 0 Å². The lowest BCUT2D eigenvalue weighted by molar-refractivity contribution is -0.134. The number of nitrogens with one attached hydrogen (secondary N) is 2. The highest BCUT2D eigenvalue weighted by molar-refractivity contribution is 6.03. The van der Waals surface area contributed by atoms with Gasteiger partial charge in [0.05, 0.1) is 17.9 Å². The summed E-state index contributed by atoms with van der Waals surface area (Å²) in [5, 5.41) is 10.1. The number of hydrogen-bond donors (Lipinski definition) is 2. The molecule has 2 N–H and O–H groups in total. The Balaban J connectivity index is 1.93. The van der Waals surface area contributed by atoms with E-state index >= 15 is 0 Å². The Kier molecular flexibility index (Phi) is 5.85. The van der Waals surface area contributed by atoms with Crippen molar-refractivity contribution in [2.45, 2.75) is 53.0 Å². The molecule has 0 aliphatic carbocycles. The Morgan fingerprint density at radius 2 is 1.92 bits per heavy atom. The molecule has 1 aromatic heterocycles. The molecule has 2 amide bonds. The third-order valence-electron chi connectivity index (χ3n) is 4.42. The molecule has 6 nitrogen and oxygen atoms in total. The Labute approximate surface area is 155 Å². The number of benzene rings is 1. The van der Waals surface area contributed by atoms with Gasteiger partial charge in [-0.3, -0.25) is 14.7 Å². The summed E-state index contributed by atoms with van der Waals surface area (Å²) in [6, 6.07) is 7.67. The molecule has 1 aromatic carbocycles. The molecule has 1 heterocycles. The lowest BCUT2D eigenvalue weighted by atomic mass is 9.92. The lowest BCUT2D eigenvalue weighted by Gasteiger charge is -2.17. The summed E-state index contributed by atoms with van der Waals surface area (Å²) in [5.41, 5.74) is 4.59. The van der Waals surface area contributed by atoms with Gasteiger partial charge in [-0.2, -0.15) is 5.10 Å². The monoisotopic (exact) mass is 356 g/mol. The average molecular weight is 356 g/mol. The SMILES string of the molecule is Cc1cccc(NC(=O)CC(=O)N(C)Cc2cc(C(C)(C)C)n[nH]2)c1C. The third-order valence-corrected chi connectivity index (χ3v) is 4.42. The minimum atomic E-state index is -0.310. The first-order chi connectivity index (χ1) is 12.1. The maximum absolute atomic E-state index is 12.3. The lowest BCUT2D eigenvalue weighted by Crippen LogP contribution is -2.30. The summed E-state index contributed by atoms with van der Waals surface area (Å²) in [5.74, 6) is -0.546. The summed E-state index contributed by atoms with van der Waals surface area (Å²) in [6.07, 6.45) is -0.190. The van der Waals surface area contributed by atoms with Gasteiger partial charge >= 0.3 is 0 Å². The average Bonchev–Trinajstić information content (AvgIpc) is 3.00. The highest BCUT2D eigenvalue weighted by Gasteiger charge is 2.19. The van der Waals surface area contributed by atoms with E-state index in [1.54, 1.807) is 7.05 Å². The first kappa shape index (κ1) is 19.7. The topological polar surface area (TPSA) is 78.1 Å². The van der Waals surface area contributed by atoms with Crippen molar-refractivity contribution < 1.29 is 9.59 Å². The molecule has 0 spiro atoms. The molecular formula is C20H28N4O2. The number of amides is 2. The maximum Gasteiger partial charge on any atom is 0.233 e. The first-order valence-electron chi connectivity index (χ1n) is 8.72. The van der Waals surface area contributed by atoms with Crippen molar-refractivity contribution in [3.63, 3.8) is 0 Å². The van der Waals surface area contributed by atoms with Crippen molar-refractivity contribution in [3.05, 3.63) is 46.8 Å². The number of aryl methyl sites for hydroxylation is 1. The Morgan fingerprint density at radius 3 is 2.54 bits per heavy atom. The van der Waals surface area contributed by atoms with E-state index in [1.807, 2.05) is 38.1 Å². The maximum atomic E-state index is 12.3. The van der Waals surface area contributed by atoms with Gasteiger partial charge in [-0.05, 0) is 37.1 Å². The summed E-state index contributed by atoms with van der Waals surface area (Å²) < 4.78 is 0. The molecule has 0 aliphatic rings. The normalized spacial score (nSPS) is 11.3. The molecule has 2 rings (SSSR count). The number of rotatable bonds is 5. The Hall–Kier alpha value is -2.63. The van der Waals surface area contributed by atoms with Gasteiger partial charge in [0.15, 0.2) is 0 Å². The predicted molar refractivity (Wildman–Crippen MR) is 103 cm³/mol. The zero-order chi connectivity index (χ0) is 19.5. The number of carbonyl (C=O) groups is 2. The van der Waals surface area contributed by atoms with Crippen molar-refractivity contribution in [2.75, 3.05) is 12.4 Å². The van der Waals surface area contributed by atoms with Crippen LogP contribution in [0, 0.1) is 13.8 Å². The smallest absolute Gasteiger partial charge is 0.233 e. The molecule has 0 atom stereocenters. The highest BCUT2D eigenvalue weighted by Crippen LogP contribution is 2.21. The van der Waals surface area contributed by atoms with Gasteiger partial charge in [0.25, 0.3) is 0 Å². The van der Waals surface area contributed by atoms with Gasteiger partial charge in [0.2, 0.25) is 11.8 Å².